The maximum Gasteiger partial charge on any atom is 0.126 e. The van der Waals surface area contributed by atoms with Gasteiger partial charge in [0.15, 0.2) is 0 Å². The van der Waals surface area contributed by atoms with E-state index < -0.39 is 5.60 Å². The van der Waals surface area contributed by atoms with Crippen molar-refractivity contribution in [2.24, 2.45) is 5.92 Å². The largest absolute Gasteiger partial charge is 0.390 e. The number of rotatable bonds is 3. The Morgan fingerprint density at radius 2 is 2.07 bits per heavy atom. The summed E-state index contributed by atoms with van der Waals surface area (Å²) in [5.41, 5.74) is -0.130. The predicted molar refractivity (Wildman–Crippen MR) is 58.1 cm³/mol. The van der Waals surface area contributed by atoms with Crippen molar-refractivity contribution in [2.75, 3.05) is 0 Å². The second-order valence-corrected chi connectivity index (χ2v) is 4.75. The van der Waals surface area contributed by atoms with Crippen LogP contribution in [0.25, 0.3) is 0 Å². The van der Waals surface area contributed by atoms with Gasteiger partial charge in [-0.05, 0) is 37.3 Å². The normalized spacial score (nSPS) is 20.7. The standard InChI is InChI=1S/C13H17FO/c1-13(15,11-6-4-7-11)9-10-5-2-3-8-12(10)14/h2-3,5,8,11,15H,4,6-7,9H2,1H3. The summed E-state index contributed by atoms with van der Waals surface area (Å²) in [5.74, 6) is 0.134. The van der Waals surface area contributed by atoms with Gasteiger partial charge in [0, 0.05) is 6.42 Å². The molecule has 0 heterocycles. The third-order valence-corrected chi connectivity index (χ3v) is 3.49. The predicted octanol–water partition coefficient (Wildman–Crippen LogP) is 2.92. The molecule has 1 aromatic rings. The molecule has 1 N–H and O–H groups in total. The third-order valence-electron chi connectivity index (χ3n) is 3.49. The number of benzene rings is 1. The Labute approximate surface area is 89.9 Å². The maximum atomic E-state index is 13.4. The van der Waals surface area contributed by atoms with E-state index in [-0.39, 0.29) is 5.82 Å². The van der Waals surface area contributed by atoms with Crippen molar-refractivity contribution in [3.63, 3.8) is 0 Å². The van der Waals surface area contributed by atoms with Gasteiger partial charge < -0.3 is 5.11 Å². The Kier molecular flexibility index (Phi) is 2.79. The van der Waals surface area contributed by atoms with Crippen LogP contribution < -0.4 is 0 Å². The molecule has 1 aliphatic rings. The van der Waals surface area contributed by atoms with Crippen LogP contribution in [0.1, 0.15) is 31.7 Å². The lowest BCUT2D eigenvalue weighted by Gasteiger charge is -2.39. The lowest BCUT2D eigenvalue weighted by Crippen LogP contribution is -2.40. The van der Waals surface area contributed by atoms with E-state index in [2.05, 4.69) is 0 Å². The molecule has 0 saturated heterocycles. The Morgan fingerprint density at radius 3 is 2.60 bits per heavy atom. The average molecular weight is 208 g/mol. The highest BCUT2D eigenvalue weighted by atomic mass is 19.1. The van der Waals surface area contributed by atoms with Crippen molar-refractivity contribution in [2.45, 2.75) is 38.2 Å². The van der Waals surface area contributed by atoms with Gasteiger partial charge in [-0.1, -0.05) is 24.6 Å². The van der Waals surface area contributed by atoms with Crippen LogP contribution in [0.3, 0.4) is 0 Å². The summed E-state index contributed by atoms with van der Waals surface area (Å²) in [6.45, 7) is 1.82. The molecule has 0 spiro atoms. The van der Waals surface area contributed by atoms with Gasteiger partial charge in [0.25, 0.3) is 0 Å². The Balaban J connectivity index is 2.10. The zero-order chi connectivity index (χ0) is 10.9. The zero-order valence-corrected chi connectivity index (χ0v) is 9.04. The minimum Gasteiger partial charge on any atom is -0.390 e. The highest BCUT2D eigenvalue weighted by Gasteiger charge is 2.36. The first-order valence-corrected chi connectivity index (χ1v) is 5.55. The molecule has 82 valence electrons. The van der Waals surface area contributed by atoms with Crippen molar-refractivity contribution in [3.8, 4) is 0 Å². The van der Waals surface area contributed by atoms with E-state index in [0.717, 1.165) is 12.8 Å². The summed E-state index contributed by atoms with van der Waals surface area (Å²) in [7, 11) is 0. The first-order chi connectivity index (χ1) is 7.09. The molecule has 1 unspecified atom stereocenters. The summed E-state index contributed by atoms with van der Waals surface area (Å²) in [6, 6.07) is 6.70. The van der Waals surface area contributed by atoms with E-state index in [1.807, 2.05) is 13.0 Å². The number of hydrogen-bond acceptors (Lipinski definition) is 1. The van der Waals surface area contributed by atoms with Gasteiger partial charge in [-0.2, -0.15) is 0 Å². The molecule has 1 saturated carbocycles. The molecule has 0 aromatic heterocycles. The van der Waals surface area contributed by atoms with E-state index in [1.165, 1.54) is 12.5 Å². The highest BCUT2D eigenvalue weighted by Crippen LogP contribution is 2.38. The topological polar surface area (TPSA) is 20.2 Å². The molecular formula is C13H17FO. The van der Waals surface area contributed by atoms with Crippen LogP contribution in [0.15, 0.2) is 24.3 Å². The second kappa shape index (κ2) is 3.93. The SMILES string of the molecule is CC(O)(Cc1ccccc1F)C1CCC1. The first kappa shape index (κ1) is 10.6. The lowest BCUT2D eigenvalue weighted by molar-refractivity contribution is -0.0345. The van der Waals surface area contributed by atoms with E-state index in [1.54, 1.807) is 12.1 Å². The van der Waals surface area contributed by atoms with Crippen molar-refractivity contribution < 1.29 is 9.50 Å². The minimum absolute atomic E-state index is 0.211. The van der Waals surface area contributed by atoms with Crippen LogP contribution in [0.4, 0.5) is 4.39 Å². The second-order valence-electron chi connectivity index (χ2n) is 4.75. The summed E-state index contributed by atoms with van der Waals surface area (Å²) in [6.07, 6.45) is 3.76. The van der Waals surface area contributed by atoms with Crippen molar-refractivity contribution in [3.05, 3.63) is 35.6 Å². The van der Waals surface area contributed by atoms with Gasteiger partial charge in [0.1, 0.15) is 5.82 Å². The van der Waals surface area contributed by atoms with Gasteiger partial charge in [0.2, 0.25) is 0 Å². The maximum absolute atomic E-state index is 13.4. The molecular weight excluding hydrogens is 191 g/mol. The fraction of sp³-hybridized carbons (Fsp3) is 0.538. The molecule has 1 atom stereocenters. The van der Waals surface area contributed by atoms with Crippen molar-refractivity contribution in [1.29, 1.82) is 0 Å². The Bertz CT molecular complexity index is 342. The third kappa shape index (κ3) is 2.20. The summed E-state index contributed by atoms with van der Waals surface area (Å²) in [4.78, 5) is 0. The smallest absolute Gasteiger partial charge is 0.126 e. The lowest BCUT2D eigenvalue weighted by atomic mass is 9.71. The molecule has 1 aromatic carbocycles. The summed E-state index contributed by atoms with van der Waals surface area (Å²) < 4.78 is 13.4. The first-order valence-electron chi connectivity index (χ1n) is 5.55. The molecule has 0 amide bonds. The fourth-order valence-corrected chi connectivity index (χ4v) is 2.20. The number of aliphatic hydroxyl groups is 1. The summed E-state index contributed by atoms with van der Waals surface area (Å²) in [5, 5.41) is 10.2. The van der Waals surface area contributed by atoms with Gasteiger partial charge in [-0.25, -0.2) is 4.39 Å². The van der Waals surface area contributed by atoms with E-state index in [9.17, 15) is 9.50 Å². The molecule has 1 fully saturated rings. The van der Waals surface area contributed by atoms with Gasteiger partial charge in [-0.15, -0.1) is 0 Å². The monoisotopic (exact) mass is 208 g/mol. The quantitative estimate of drug-likeness (QED) is 0.809. The van der Waals surface area contributed by atoms with Crippen LogP contribution >= 0.6 is 0 Å². The van der Waals surface area contributed by atoms with Crippen LogP contribution in [0.2, 0.25) is 0 Å². The van der Waals surface area contributed by atoms with Gasteiger partial charge in [-0.3, -0.25) is 0 Å². The molecule has 2 heteroatoms. The average Bonchev–Trinajstić information content (AvgIpc) is 2.04. The Hall–Kier alpha value is -0.890. The molecule has 0 bridgehead atoms. The number of hydrogen-bond donors (Lipinski definition) is 1. The van der Waals surface area contributed by atoms with Gasteiger partial charge >= 0.3 is 0 Å². The summed E-state index contributed by atoms with van der Waals surface area (Å²) >= 11 is 0. The van der Waals surface area contributed by atoms with Crippen molar-refractivity contribution in [1.82, 2.24) is 0 Å². The van der Waals surface area contributed by atoms with Crippen LogP contribution in [-0.4, -0.2) is 10.7 Å². The van der Waals surface area contributed by atoms with Crippen LogP contribution in [-0.2, 0) is 6.42 Å². The van der Waals surface area contributed by atoms with Crippen LogP contribution in [0.5, 0.6) is 0 Å². The highest BCUT2D eigenvalue weighted by molar-refractivity contribution is 5.19. The zero-order valence-electron chi connectivity index (χ0n) is 9.04. The fourth-order valence-electron chi connectivity index (χ4n) is 2.20. The van der Waals surface area contributed by atoms with Crippen molar-refractivity contribution >= 4 is 0 Å². The molecule has 15 heavy (non-hydrogen) atoms. The van der Waals surface area contributed by atoms with Gasteiger partial charge in [0.05, 0.1) is 5.60 Å². The molecule has 1 aliphatic carbocycles. The van der Waals surface area contributed by atoms with Crippen LogP contribution in [0, 0.1) is 11.7 Å². The van der Waals surface area contributed by atoms with E-state index in [0.29, 0.717) is 17.9 Å². The minimum atomic E-state index is -0.750. The molecule has 2 rings (SSSR count). The molecule has 0 aliphatic heterocycles. The number of halogens is 1. The molecule has 0 radical (unpaired) electrons. The van der Waals surface area contributed by atoms with E-state index >= 15 is 0 Å². The Morgan fingerprint density at radius 1 is 1.40 bits per heavy atom. The molecule has 1 nitrogen and oxygen atoms in total. The van der Waals surface area contributed by atoms with E-state index in [4.69, 9.17) is 0 Å².